The molecule has 0 aliphatic rings. The third-order valence-electron chi connectivity index (χ3n) is 4.38. The second kappa shape index (κ2) is 8.47. The Hall–Kier alpha value is -2.81. The number of hydrogen-bond acceptors (Lipinski definition) is 7. The highest BCUT2D eigenvalue weighted by Crippen LogP contribution is 2.23. The number of nitrogens with one attached hydrogen (secondary N) is 1. The van der Waals surface area contributed by atoms with Crippen molar-refractivity contribution in [2.24, 2.45) is 0 Å². The average molecular weight is 403 g/mol. The number of aromatic nitrogens is 2. The quantitative estimate of drug-likeness (QED) is 0.474. The van der Waals surface area contributed by atoms with Crippen molar-refractivity contribution in [1.82, 2.24) is 15.1 Å². The number of nitrogens with zero attached hydrogens (tertiary/aromatic N) is 2. The van der Waals surface area contributed by atoms with Gasteiger partial charge in [-0.15, -0.1) is 0 Å². The fourth-order valence-electron chi connectivity index (χ4n) is 3.01. The largest absolute Gasteiger partial charge is 0.467 e. The summed E-state index contributed by atoms with van der Waals surface area (Å²) in [5.74, 6) is -0.180. The summed E-state index contributed by atoms with van der Waals surface area (Å²) in [6.45, 7) is 1.79. The zero-order valence-corrected chi connectivity index (χ0v) is 16.7. The molecule has 3 rings (SSSR count). The Balaban J connectivity index is 1.92. The summed E-state index contributed by atoms with van der Waals surface area (Å²) in [6.07, 6.45) is 3.78. The third-order valence-corrected chi connectivity index (χ3v) is 5.02. The van der Waals surface area contributed by atoms with Crippen LogP contribution in [0.15, 0.2) is 33.6 Å². The van der Waals surface area contributed by atoms with Crippen LogP contribution in [0.2, 0.25) is 0 Å². The number of carbonyl (C=O) groups is 2. The molecule has 28 heavy (non-hydrogen) atoms. The molecule has 0 saturated carbocycles. The van der Waals surface area contributed by atoms with Crippen LogP contribution in [0, 0.1) is 6.92 Å². The Kier molecular flexibility index (Phi) is 6.03. The van der Waals surface area contributed by atoms with Crippen LogP contribution in [0.1, 0.15) is 12.0 Å². The van der Waals surface area contributed by atoms with Crippen molar-refractivity contribution < 1.29 is 18.7 Å². The minimum absolute atomic E-state index is 0.136. The molecular weight excluding hydrogens is 382 g/mol. The summed E-state index contributed by atoms with van der Waals surface area (Å²) in [5, 5.41) is 7.88. The van der Waals surface area contributed by atoms with Gasteiger partial charge in [-0.2, -0.15) is 16.9 Å². The summed E-state index contributed by atoms with van der Waals surface area (Å²) in [6, 6.07) is 4.72. The second-order valence-corrected chi connectivity index (χ2v) is 7.36. The molecule has 1 aromatic carbocycles. The van der Waals surface area contributed by atoms with Gasteiger partial charge in [-0.05, 0) is 37.5 Å². The van der Waals surface area contributed by atoms with E-state index in [9.17, 15) is 14.4 Å². The molecule has 2 aromatic heterocycles. The lowest BCUT2D eigenvalue weighted by atomic mass is 10.1. The van der Waals surface area contributed by atoms with Gasteiger partial charge in [0.05, 0.1) is 18.8 Å². The van der Waals surface area contributed by atoms with Crippen LogP contribution in [-0.4, -0.2) is 46.8 Å². The number of esters is 1. The van der Waals surface area contributed by atoms with Gasteiger partial charge >= 0.3 is 11.6 Å². The lowest BCUT2D eigenvalue weighted by Crippen LogP contribution is -2.43. The number of amides is 1. The number of ether oxygens (including phenoxy) is 1. The molecule has 0 unspecified atom stereocenters. The summed E-state index contributed by atoms with van der Waals surface area (Å²) in [5.41, 5.74) is 1.44. The maximum atomic E-state index is 12.5. The van der Waals surface area contributed by atoms with Gasteiger partial charge in [0, 0.05) is 5.39 Å². The van der Waals surface area contributed by atoms with Crippen LogP contribution < -0.4 is 10.9 Å². The normalized spacial score (nSPS) is 12.2. The smallest absolute Gasteiger partial charge is 0.347 e. The van der Waals surface area contributed by atoms with Crippen molar-refractivity contribution in [3.8, 4) is 0 Å². The van der Waals surface area contributed by atoms with Crippen molar-refractivity contribution in [2.75, 3.05) is 19.1 Å². The number of carbonyl (C=O) groups excluding carboxylic acids is 2. The molecule has 0 aliphatic heterocycles. The average Bonchev–Trinajstić information content (AvgIpc) is 3.09. The van der Waals surface area contributed by atoms with Crippen molar-refractivity contribution in [3.63, 3.8) is 0 Å². The number of fused-ring (bicyclic) bond motifs is 3. The van der Waals surface area contributed by atoms with Gasteiger partial charge in [0.25, 0.3) is 0 Å². The topological polar surface area (TPSA) is 103 Å². The molecule has 1 atom stereocenters. The monoisotopic (exact) mass is 403 g/mol. The molecular formula is C19H21N3O5S. The molecule has 1 amide bonds. The standard InChI is InChI=1S/C19H21N3O5S/c1-11-4-5-15-12(8-11)17-13(18(24)27-15)9-20-22(17)10-16(23)21-14(6-7-28-3)19(25)26-2/h4-5,8-9,14H,6-7,10H2,1-3H3,(H,21,23)/t14-/m0/s1. The number of hydrogen-bond donors (Lipinski definition) is 1. The summed E-state index contributed by atoms with van der Waals surface area (Å²) >= 11 is 1.57. The van der Waals surface area contributed by atoms with Gasteiger partial charge in [0.1, 0.15) is 23.6 Å². The van der Waals surface area contributed by atoms with E-state index in [0.29, 0.717) is 34.0 Å². The molecule has 0 aliphatic carbocycles. The van der Waals surface area contributed by atoms with Crippen LogP contribution in [0.4, 0.5) is 0 Å². The summed E-state index contributed by atoms with van der Waals surface area (Å²) < 4.78 is 11.5. The number of aryl methyl sites for hydroxylation is 1. The van der Waals surface area contributed by atoms with Gasteiger partial charge < -0.3 is 14.5 Å². The van der Waals surface area contributed by atoms with Gasteiger partial charge in [0.15, 0.2) is 0 Å². The highest BCUT2D eigenvalue weighted by atomic mass is 32.2. The van der Waals surface area contributed by atoms with Crippen molar-refractivity contribution in [1.29, 1.82) is 0 Å². The van der Waals surface area contributed by atoms with E-state index >= 15 is 0 Å². The van der Waals surface area contributed by atoms with Crippen LogP contribution in [0.5, 0.6) is 0 Å². The first-order valence-corrected chi connectivity index (χ1v) is 10.1. The molecule has 0 saturated heterocycles. The molecule has 9 heteroatoms. The maximum absolute atomic E-state index is 12.5. The van der Waals surface area contributed by atoms with E-state index in [4.69, 9.17) is 9.15 Å². The van der Waals surface area contributed by atoms with Crippen molar-refractivity contribution >= 4 is 45.5 Å². The zero-order chi connectivity index (χ0) is 20.3. The maximum Gasteiger partial charge on any atom is 0.347 e. The van der Waals surface area contributed by atoms with Gasteiger partial charge in [-0.3, -0.25) is 9.48 Å². The first-order chi connectivity index (χ1) is 13.4. The number of benzene rings is 1. The van der Waals surface area contributed by atoms with E-state index < -0.39 is 23.5 Å². The predicted octanol–water partition coefficient (Wildman–Crippen LogP) is 1.86. The van der Waals surface area contributed by atoms with Crippen molar-refractivity contribution in [3.05, 3.63) is 40.4 Å². The van der Waals surface area contributed by atoms with E-state index in [0.717, 1.165) is 5.56 Å². The number of methoxy groups -OCH3 is 1. The van der Waals surface area contributed by atoms with E-state index in [-0.39, 0.29) is 6.54 Å². The Morgan fingerprint density at radius 3 is 2.86 bits per heavy atom. The highest BCUT2D eigenvalue weighted by Gasteiger charge is 2.22. The fourth-order valence-corrected chi connectivity index (χ4v) is 3.49. The lowest BCUT2D eigenvalue weighted by molar-refractivity contribution is -0.145. The molecule has 0 bridgehead atoms. The van der Waals surface area contributed by atoms with Crippen LogP contribution >= 0.6 is 11.8 Å². The van der Waals surface area contributed by atoms with E-state index in [2.05, 4.69) is 10.4 Å². The molecule has 148 valence electrons. The van der Waals surface area contributed by atoms with Gasteiger partial charge in [-0.25, -0.2) is 9.59 Å². The minimum atomic E-state index is -0.726. The predicted molar refractivity (Wildman–Crippen MR) is 107 cm³/mol. The molecule has 8 nitrogen and oxygen atoms in total. The van der Waals surface area contributed by atoms with Crippen LogP contribution in [0.25, 0.3) is 21.9 Å². The minimum Gasteiger partial charge on any atom is -0.467 e. The van der Waals surface area contributed by atoms with Crippen LogP contribution in [-0.2, 0) is 20.9 Å². The molecule has 1 N–H and O–H groups in total. The molecule has 2 heterocycles. The molecule has 0 radical (unpaired) electrons. The highest BCUT2D eigenvalue weighted by molar-refractivity contribution is 7.98. The zero-order valence-electron chi connectivity index (χ0n) is 15.9. The van der Waals surface area contributed by atoms with Gasteiger partial charge in [0.2, 0.25) is 5.91 Å². The fraction of sp³-hybridized carbons (Fsp3) is 0.368. The Morgan fingerprint density at radius 2 is 2.14 bits per heavy atom. The van der Waals surface area contributed by atoms with E-state index in [1.54, 1.807) is 17.8 Å². The number of thioether (sulfide) groups is 1. The second-order valence-electron chi connectivity index (χ2n) is 6.38. The molecule has 0 spiro atoms. The molecule has 3 aromatic rings. The Bertz CT molecular complexity index is 1090. The Morgan fingerprint density at radius 1 is 1.36 bits per heavy atom. The Labute approximate surface area is 165 Å². The van der Waals surface area contributed by atoms with E-state index in [1.165, 1.54) is 18.0 Å². The van der Waals surface area contributed by atoms with Gasteiger partial charge in [-0.1, -0.05) is 11.6 Å². The van der Waals surface area contributed by atoms with Crippen molar-refractivity contribution in [2.45, 2.75) is 25.9 Å². The first kappa shape index (κ1) is 19.9. The SMILES string of the molecule is COC(=O)[C@H](CCSC)NC(=O)Cn1ncc2c(=O)oc3ccc(C)cc3c21. The first-order valence-electron chi connectivity index (χ1n) is 8.69. The van der Waals surface area contributed by atoms with Crippen LogP contribution in [0.3, 0.4) is 0 Å². The summed E-state index contributed by atoms with van der Waals surface area (Å²) in [7, 11) is 1.29. The summed E-state index contributed by atoms with van der Waals surface area (Å²) in [4.78, 5) is 36.7. The number of rotatable bonds is 7. The third kappa shape index (κ3) is 4.04. The lowest BCUT2D eigenvalue weighted by Gasteiger charge is -2.16. The molecule has 0 fully saturated rings. The van der Waals surface area contributed by atoms with E-state index in [1.807, 2.05) is 25.3 Å².